The molecular weight excluding hydrogens is 232 g/mol. The van der Waals surface area contributed by atoms with E-state index < -0.39 is 0 Å². The van der Waals surface area contributed by atoms with Gasteiger partial charge in [0, 0.05) is 18.8 Å². The summed E-state index contributed by atoms with van der Waals surface area (Å²) in [5.74, 6) is 3.21. The molecule has 4 nitrogen and oxygen atoms in total. The first kappa shape index (κ1) is 13.0. The quantitative estimate of drug-likeness (QED) is 0.791. The predicted octanol–water partition coefficient (Wildman–Crippen LogP) is 0.834. The highest BCUT2D eigenvalue weighted by Crippen LogP contribution is 2.36. The van der Waals surface area contributed by atoms with E-state index in [1.807, 2.05) is 11.8 Å². The third-order valence-electron chi connectivity index (χ3n) is 4.00. The molecule has 0 aliphatic carbocycles. The van der Waals surface area contributed by atoms with Crippen LogP contribution in [0.2, 0.25) is 0 Å². The van der Waals surface area contributed by atoms with Crippen LogP contribution >= 0.6 is 11.8 Å². The topological polar surface area (TPSA) is 44.9 Å². The Labute approximate surface area is 109 Å². The Morgan fingerprint density at radius 1 is 1.47 bits per heavy atom. The highest BCUT2D eigenvalue weighted by atomic mass is 32.2. The lowest BCUT2D eigenvalue weighted by Crippen LogP contribution is -2.54. The molecule has 1 atom stereocenters. The van der Waals surface area contributed by atoms with Gasteiger partial charge >= 0.3 is 0 Å². The maximum absolute atomic E-state index is 6.05. The van der Waals surface area contributed by atoms with Crippen molar-refractivity contribution in [3.63, 3.8) is 0 Å². The lowest BCUT2D eigenvalue weighted by atomic mass is 9.98. The molecule has 2 rings (SSSR count). The summed E-state index contributed by atoms with van der Waals surface area (Å²) in [6.07, 6.45) is 1.24. The summed E-state index contributed by atoms with van der Waals surface area (Å²) in [5, 5.41) is 0. The van der Waals surface area contributed by atoms with E-state index >= 15 is 0 Å². The van der Waals surface area contributed by atoms with Gasteiger partial charge in [0.05, 0.1) is 12.1 Å². The van der Waals surface area contributed by atoms with Gasteiger partial charge in [0.25, 0.3) is 0 Å². The van der Waals surface area contributed by atoms with Gasteiger partial charge in [-0.25, -0.2) is 0 Å². The van der Waals surface area contributed by atoms with Crippen LogP contribution in [0.4, 0.5) is 0 Å². The fourth-order valence-corrected chi connectivity index (χ4v) is 4.15. The van der Waals surface area contributed by atoms with Gasteiger partial charge in [-0.15, -0.1) is 0 Å². The minimum atomic E-state index is 0.252. The number of hydrogen-bond donors (Lipinski definition) is 1. The second-order valence-corrected chi connectivity index (χ2v) is 5.99. The molecule has 5 heteroatoms. The largest absolute Gasteiger partial charge is 0.370 e. The van der Waals surface area contributed by atoms with Gasteiger partial charge in [0.15, 0.2) is 5.96 Å². The summed E-state index contributed by atoms with van der Waals surface area (Å²) in [5.41, 5.74) is 6.30. The molecule has 0 radical (unpaired) electrons. The molecule has 0 amide bonds. The highest BCUT2D eigenvalue weighted by Gasteiger charge is 2.44. The van der Waals surface area contributed by atoms with Gasteiger partial charge in [-0.05, 0) is 25.3 Å². The molecule has 2 N–H and O–H groups in total. The van der Waals surface area contributed by atoms with Crippen molar-refractivity contribution in [2.24, 2.45) is 10.7 Å². The SMILES string of the molecule is CCN(CC)CCN1C(N)=NCC12CCSC2. The molecular formula is C12H24N4S. The Morgan fingerprint density at radius 3 is 2.82 bits per heavy atom. The average molecular weight is 256 g/mol. The summed E-state index contributed by atoms with van der Waals surface area (Å²) in [6.45, 7) is 9.68. The summed E-state index contributed by atoms with van der Waals surface area (Å²) in [6, 6.07) is 0. The Kier molecular flexibility index (Phi) is 4.20. The van der Waals surface area contributed by atoms with Crippen molar-refractivity contribution in [3.05, 3.63) is 0 Å². The number of rotatable bonds is 5. The first-order chi connectivity index (χ1) is 8.22. The zero-order valence-corrected chi connectivity index (χ0v) is 11.8. The van der Waals surface area contributed by atoms with E-state index in [0.717, 1.165) is 38.7 Å². The van der Waals surface area contributed by atoms with Crippen LogP contribution < -0.4 is 5.73 Å². The monoisotopic (exact) mass is 256 g/mol. The number of hydrogen-bond acceptors (Lipinski definition) is 5. The Morgan fingerprint density at radius 2 is 2.24 bits per heavy atom. The van der Waals surface area contributed by atoms with E-state index in [1.54, 1.807) is 0 Å². The molecule has 0 aromatic rings. The van der Waals surface area contributed by atoms with Crippen LogP contribution in [-0.2, 0) is 0 Å². The molecule has 2 aliphatic heterocycles. The maximum Gasteiger partial charge on any atom is 0.191 e. The van der Waals surface area contributed by atoms with Crippen molar-refractivity contribution < 1.29 is 0 Å². The number of guanidine groups is 1. The van der Waals surface area contributed by atoms with Crippen LogP contribution in [-0.4, -0.2) is 65.5 Å². The minimum absolute atomic E-state index is 0.252. The Balaban J connectivity index is 1.95. The minimum Gasteiger partial charge on any atom is -0.370 e. The van der Waals surface area contributed by atoms with Crippen molar-refractivity contribution in [3.8, 4) is 0 Å². The first-order valence-electron chi connectivity index (χ1n) is 6.59. The van der Waals surface area contributed by atoms with Crippen molar-refractivity contribution in [2.75, 3.05) is 44.2 Å². The summed E-state index contributed by atoms with van der Waals surface area (Å²) in [4.78, 5) is 9.28. The number of thioether (sulfide) groups is 1. The maximum atomic E-state index is 6.05. The zero-order valence-electron chi connectivity index (χ0n) is 11.0. The standard InChI is InChI=1S/C12H24N4S/c1-3-15(4-2)6-7-16-11(13)14-9-12(16)5-8-17-10-12/h3-10H2,1-2H3,(H2,13,14). The van der Waals surface area contributed by atoms with Gasteiger partial charge in [-0.2, -0.15) is 11.8 Å². The van der Waals surface area contributed by atoms with Gasteiger partial charge in [0.2, 0.25) is 0 Å². The lowest BCUT2D eigenvalue weighted by molar-refractivity contribution is 0.193. The van der Waals surface area contributed by atoms with E-state index in [-0.39, 0.29) is 5.54 Å². The van der Waals surface area contributed by atoms with Crippen molar-refractivity contribution in [2.45, 2.75) is 25.8 Å². The molecule has 2 aliphatic rings. The normalized spacial score (nSPS) is 28.4. The van der Waals surface area contributed by atoms with E-state index in [2.05, 4.69) is 28.6 Å². The molecule has 1 unspecified atom stereocenters. The summed E-state index contributed by atoms with van der Waals surface area (Å²) in [7, 11) is 0. The second-order valence-electron chi connectivity index (χ2n) is 4.88. The summed E-state index contributed by atoms with van der Waals surface area (Å²) < 4.78 is 0. The van der Waals surface area contributed by atoms with Gasteiger partial charge in [-0.1, -0.05) is 13.8 Å². The van der Waals surface area contributed by atoms with Crippen molar-refractivity contribution in [1.29, 1.82) is 0 Å². The van der Waals surface area contributed by atoms with Crippen LogP contribution in [0.15, 0.2) is 4.99 Å². The Bertz CT molecular complexity index is 282. The smallest absolute Gasteiger partial charge is 0.191 e. The molecule has 0 bridgehead atoms. The van der Waals surface area contributed by atoms with Gasteiger partial charge in [-0.3, -0.25) is 4.99 Å². The summed E-state index contributed by atoms with van der Waals surface area (Å²) >= 11 is 2.04. The first-order valence-corrected chi connectivity index (χ1v) is 7.75. The predicted molar refractivity (Wildman–Crippen MR) is 75.7 cm³/mol. The number of nitrogens with zero attached hydrogens (tertiary/aromatic N) is 3. The van der Waals surface area contributed by atoms with E-state index in [1.165, 1.54) is 17.9 Å². The fourth-order valence-electron chi connectivity index (χ4n) is 2.71. The molecule has 1 saturated heterocycles. The molecule has 0 aromatic heterocycles. The molecule has 2 heterocycles. The molecule has 98 valence electrons. The fraction of sp³-hybridized carbons (Fsp3) is 0.917. The van der Waals surface area contributed by atoms with Gasteiger partial charge in [0.1, 0.15) is 0 Å². The number of aliphatic imine (C=N–C) groups is 1. The number of nitrogens with two attached hydrogens (primary N) is 1. The van der Waals surface area contributed by atoms with Crippen molar-refractivity contribution in [1.82, 2.24) is 9.80 Å². The third-order valence-corrected chi connectivity index (χ3v) is 5.24. The van der Waals surface area contributed by atoms with E-state index in [0.29, 0.717) is 0 Å². The van der Waals surface area contributed by atoms with Crippen LogP contribution in [0.25, 0.3) is 0 Å². The van der Waals surface area contributed by atoms with E-state index in [9.17, 15) is 0 Å². The average Bonchev–Trinajstić information content (AvgIpc) is 2.92. The van der Waals surface area contributed by atoms with Crippen LogP contribution in [0, 0.1) is 0 Å². The molecule has 0 saturated carbocycles. The molecule has 1 spiro atoms. The van der Waals surface area contributed by atoms with Crippen LogP contribution in [0.1, 0.15) is 20.3 Å². The highest BCUT2D eigenvalue weighted by molar-refractivity contribution is 7.99. The molecule has 17 heavy (non-hydrogen) atoms. The molecule has 0 aromatic carbocycles. The molecule has 1 fully saturated rings. The second kappa shape index (κ2) is 5.48. The Hall–Kier alpha value is -0.420. The van der Waals surface area contributed by atoms with Crippen LogP contribution in [0.5, 0.6) is 0 Å². The van der Waals surface area contributed by atoms with Gasteiger partial charge < -0.3 is 15.5 Å². The third kappa shape index (κ3) is 2.55. The van der Waals surface area contributed by atoms with E-state index in [4.69, 9.17) is 5.73 Å². The van der Waals surface area contributed by atoms with Crippen LogP contribution in [0.3, 0.4) is 0 Å². The van der Waals surface area contributed by atoms with Crippen molar-refractivity contribution >= 4 is 17.7 Å². The lowest BCUT2D eigenvalue weighted by Gasteiger charge is -2.36. The zero-order chi connectivity index (χ0) is 12.3. The number of likely N-dealkylation sites (N-methyl/N-ethyl adjacent to an activating group) is 1.